The first-order valence-corrected chi connectivity index (χ1v) is 19.2. The summed E-state index contributed by atoms with van der Waals surface area (Å²) in [5, 5.41) is 0.654. The van der Waals surface area contributed by atoms with Crippen molar-refractivity contribution in [3.63, 3.8) is 0 Å². The summed E-state index contributed by atoms with van der Waals surface area (Å²) in [7, 11) is -2.39. The molecule has 51 heavy (non-hydrogen) atoms. The summed E-state index contributed by atoms with van der Waals surface area (Å²) in [6, 6.07) is 62.1. The standard InChI is InChI=1S/C35H25.C13H22OP.Fe/c1-6-16-26(17-7-1)31-32(27-18-8-2-9-19-27)34(29-22-12-4-13-23-29)35(30-24-14-5-15-25-30)33(31)28-20-10-3-11-21-28;1-12(2,3)15(14,13(4,5)6)11-9-7-8-10-11;/h1-25H;7-10H,1-6H3;/q2*-1;+2. The molecule has 0 fully saturated rings. The zero-order valence-electron chi connectivity index (χ0n) is 30.5. The molecule has 0 spiro atoms. The van der Waals surface area contributed by atoms with Gasteiger partial charge in [0, 0.05) is 10.3 Å². The van der Waals surface area contributed by atoms with Crippen molar-refractivity contribution >= 4 is 12.4 Å². The molecule has 0 aromatic heterocycles. The van der Waals surface area contributed by atoms with Crippen molar-refractivity contribution in [3.05, 3.63) is 176 Å². The van der Waals surface area contributed by atoms with E-state index in [0.717, 1.165) is 5.30 Å². The van der Waals surface area contributed by atoms with Gasteiger partial charge in [0.1, 0.15) is 7.14 Å². The molecule has 0 bridgehead atoms. The molecule has 0 unspecified atom stereocenters. The number of benzene rings is 5. The Morgan fingerprint density at radius 1 is 0.451 bits per heavy atom. The van der Waals surface area contributed by atoms with Crippen LogP contribution in [0.2, 0.25) is 0 Å². The predicted molar refractivity (Wildman–Crippen MR) is 218 cm³/mol. The molecule has 0 amide bonds. The molecule has 0 aliphatic rings. The van der Waals surface area contributed by atoms with Gasteiger partial charge in [0.2, 0.25) is 0 Å². The van der Waals surface area contributed by atoms with Gasteiger partial charge in [0.15, 0.2) is 0 Å². The average Bonchev–Trinajstić information content (AvgIpc) is 3.80. The fourth-order valence-corrected chi connectivity index (χ4v) is 11.6. The van der Waals surface area contributed by atoms with E-state index in [0.29, 0.717) is 0 Å². The van der Waals surface area contributed by atoms with E-state index in [4.69, 9.17) is 0 Å². The Bertz CT molecular complexity index is 1840. The van der Waals surface area contributed by atoms with Crippen molar-refractivity contribution in [2.75, 3.05) is 0 Å². The topological polar surface area (TPSA) is 17.1 Å². The van der Waals surface area contributed by atoms with Gasteiger partial charge in [-0.3, -0.25) is 0 Å². The van der Waals surface area contributed by atoms with E-state index < -0.39 is 7.14 Å². The fourth-order valence-electron chi connectivity index (χ4n) is 7.45. The second kappa shape index (κ2) is 15.8. The molecule has 7 rings (SSSR count). The van der Waals surface area contributed by atoms with E-state index >= 15 is 0 Å². The minimum atomic E-state index is -2.39. The van der Waals surface area contributed by atoms with Crippen molar-refractivity contribution in [1.29, 1.82) is 0 Å². The zero-order valence-corrected chi connectivity index (χ0v) is 32.5. The molecule has 0 heterocycles. The molecule has 0 saturated carbocycles. The first kappa shape index (κ1) is 37.8. The van der Waals surface area contributed by atoms with Crippen molar-refractivity contribution in [2.45, 2.75) is 51.9 Å². The van der Waals surface area contributed by atoms with Crippen LogP contribution in [0.25, 0.3) is 55.6 Å². The predicted octanol–water partition coefficient (Wildman–Crippen LogP) is 13.7. The van der Waals surface area contributed by atoms with Crippen molar-refractivity contribution in [3.8, 4) is 55.6 Å². The van der Waals surface area contributed by atoms with Gasteiger partial charge in [-0.1, -0.05) is 238 Å². The van der Waals surface area contributed by atoms with Gasteiger partial charge in [-0.25, -0.2) is 12.1 Å². The van der Waals surface area contributed by atoms with Gasteiger partial charge in [-0.05, 0) is 11.1 Å². The van der Waals surface area contributed by atoms with Crippen LogP contribution in [0.1, 0.15) is 41.5 Å². The Morgan fingerprint density at radius 3 is 1.10 bits per heavy atom. The summed E-state index contributed by atoms with van der Waals surface area (Å²) in [5.74, 6) is 0. The smallest absolute Gasteiger partial charge is 0.320 e. The molecule has 258 valence electrons. The summed E-state index contributed by atoms with van der Waals surface area (Å²) in [4.78, 5) is 0. The summed E-state index contributed by atoms with van der Waals surface area (Å²) in [5.41, 5.74) is 12.5. The Balaban J connectivity index is 0.000000267. The number of rotatable bonds is 6. The van der Waals surface area contributed by atoms with E-state index in [2.05, 4.69) is 193 Å². The minimum Gasteiger partial charge on any atom is -0.320 e. The first-order valence-electron chi connectivity index (χ1n) is 17.5. The first-order chi connectivity index (χ1) is 24.0. The monoisotopic (exact) mass is 726 g/mol. The maximum Gasteiger partial charge on any atom is 2.00 e. The third-order valence-corrected chi connectivity index (χ3v) is 14.3. The Kier molecular flexibility index (Phi) is 11.7. The summed E-state index contributed by atoms with van der Waals surface area (Å²) < 4.78 is 13.3. The molecular formula is C48H47FeOP. The van der Waals surface area contributed by atoms with E-state index in [-0.39, 0.29) is 27.4 Å². The van der Waals surface area contributed by atoms with Gasteiger partial charge < -0.3 is 4.57 Å². The van der Waals surface area contributed by atoms with Crippen molar-refractivity contribution in [2.24, 2.45) is 0 Å². The minimum absolute atomic E-state index is 0. The van der Waals surface area contributed by atoms with Crippen LogP contribution < -0.4 is 5.30 Å². The van der Waals surface area contributed by atoms with E-state index in [1.165, 1.54) is 55.6 Å². The Labute approximate surface area is 316 Å². The molecule has 0 aliphatic heterocycles. The molecule has 0 saturated heterocycles. The quantitative estimate of drug-likeness (QED) is 0.0947. The normalized spacial score (nSPS) is 11.6. The van der Waals surface area contributed by atoms with Crippen LogP contribution in [0, 0.1) is 0 Å². The SMILES string of the molecule is CC(C)(C)P(=O)(c1ccc[cH-]1)C(C)(C)C.[Fe+2].c1ccc(-c2c(-c3ccccc3)c(-c3ccccc3)[c-](-c3ccccc3)c2-c2ccccc2)cc1. The largest absolute Gasteiger partial charge is 2.00 e. The van der Waals surface area contributed by atoms with Gasteiger partial charge in [0.05, 0.1) is 0 Å². The van der Waals surface area contributed by atoms with Crippen LogP contribution in [0.5, 0.6) is 0 Å². The summed E-state index contributed by atoms with van der Waals surface area (Å²) >= 11 is 0. The maximum atomic E-state index is 13.3. The molecule has 0 aliphatic carbocycles. The summed E-state index contributed by atoms with van der Waals surface area (Å²) in [6.45, 7) is 12.5. The number of hydrogen-bond acceptors (Lipinski definition) is 1. The van der Waals surface area contributed by atoms with Crippen LogP contribution >= 0.6 is 7.14 Å². The van der Waals surface area contributed by atoms with Gasteiger partial charge in [0.25, 0.3) is 0 Å². The van der Waals surface area contributed by atoms with Gasteiger partial charge in [-0.2, -0.15) is 12.1 Å². The second-order valence-electron chi connectivity index (χ2n) is 14.8. The molecular weight excluding hydrogens is 679 g/mol. The summed E-state index contributed by atoms with van der Waals surface area (Å²) in [6.07, 6.45) is 0. The van der Waals surface area contributed by atoms with E-state index in [9.17, 15) is 4.57 Å². The zero-order chi connectivity index (χ0) is 35.4. The Hall–Kier alpha value is -4.45. The Morgan fingerprint density at radius 2 is 0.784 bits per heavy atom. The van der Waals surface area contributed by atoms with Crippen LogP contribution in [-0.4, -0.2) is 10.3 Å². The molecule has 7 aromatic carbocycles. The molecule has 0 N–H and O–H groups in total. The average molecular weight is 727 g/mol. The van der Waals surface area contributed by atoms with Crippen LogP contribution in [0.3, 0.4) is 0 Å². The molecule has 0 atom stereocenters. The van der Waals surface area contributed by atoms with Crippen LogP contribution in [0.15, 0.2) is 176 Å². The van der Waals surface area contributed by atoms with Crippen LogP contribution in [0.4, 0.5) is 0 Å². The van der Waals surface area contributed by atoms with Crippen molar-refractivity contribution in [1.82, 2.24) is 0 Å². The van der Waals surface area contributed by atoms with E-state index in [1.807, 2.05) is 24.3 Å². The van der Waals surface area contributed by atoms with Gasteiger partial charge >= 0.3 is 17.1 Å². The molecule has 7 aromatic rings. The fraction of sp³-hybridized carbons (Fsp3) is 0.167. The maximum absolute atomic E-state index is 13.3. The third-order valence-electron chi connectivity index (χ3n) is 9.46. The number of hydrogen-bond donors (Lipinski definition) is 0. The van der Waals surface area contributed by atoms with E-state index in [1.54, 1.807) is 0 Å². The second-order valence-corrected chi connectivity index (χ2v) is 19.2. The van der Waals surface area contributed by atoms with Crippen LogP contribution in [-0.2, 0) is 21.6 Å². The molecule has 3 heteroatoms. The van der Waals surface area contributed by atoms with Crippen molar-refractivity contribution < 1.29 is 21.6 Å². The molecule has 1 nitrogen and oxygen atoms in total. The third kappa shape index (κ3) is 7.61. The molecule has 0 radical (unpaired) electrons. The van der Waals surface area contributed by atoms with Gasteiger partial charge in [-0.15, -0.1) is 5.30 Å².